The molecule has 1 heterocycles. The molecule has 0 saturated carbocycles. The predicted octanol–water partition coefficient (Wildman–Crippen LogP) is 1.41. The van der Waals surface area contributed by atoms with Crippen LogP contribution in [0.15, 0.2) is 23.1 Å². The third kappa shape index (κ3) is 3.82. The van der Waals surface area contributed by atoms with Gasteiger partial charge in [-0.25, -0.2) is 17.9 Å². The Balaban J connectivity index is 2.12. The number of nitrogens with one attached hydrogen (secondary N) is 1. The molecular weight excluding hydrogens is 338 g/mol. The molecule has 10 heteroatoms. The van der Waals surface area contributed by atoms with Gasteiger partial charge < -0.3 is 9.64 Å². The summed E-state index contributed by atoms with van der Waals surface area (Å²) in [6.07, 6.45) is 0.454. The van der Waals surface area contributed by atoms with Gasteiger partial charge in [-0.05, 0) is 25.8 Å². The van der Waals surface area contributed by atoms with E-state index in [1.54, 1.807) is 0 Å². The van der Waals surface area contributed by atoms with E-state index in [1.165, 1.54) is 37.1 Å². The van der Waals surface area contributed by atoms with E-state index in [4.69, 9.17) is 0 Å². The molecule has 1 aromatic carbocycles. The Morgan fingerprint density at radius 3 is 2.54 bits per heavy atom. The Morgan fingerprint density at radius 1 is 1.38 bits per heavy atom. The number of methoxy groups -OCH3 is 1. The number of nitrogens with zero attached hydrogens (tertiary/aromatic N) is 2. The quantitative estimate of drug-likeness (QED) is 0.643. The Kier molecular flexibility index (Phi) is 5.40. The minimum absolute atomic E-state index is 0.0991. The fraction of sp³-hybridized carbons (Fsp3) is 0.500. The van der Waals surface area contributed by atoms with Gasteiger partial charge in [0.2, 0.25) is 10.0 Å². The molecule has 1 saturated heterocycles. The lowest BCUT2D eigenvalue weighted by Gasteiger charge is -2.31. The minimum atomic E-state index is -3.88. The summed E-state index contributed by atoms with van der Waals surface area (Å²) in [7, 11) is -2.59. The number of hydrogen-bond acceptors (Lipinski definition) is 6. The van der Waals surface area contributed by atoms with Crippen LogP contribution < -0.4 is 4.72 Å². The van der Waals surface area contributed by atoms with Crippen LogP contribution in [-0.4, -0.2) is 50.6 Å². The van der Waals surface area contributed by atoms with Crippen molar-refractivity contribution >= 4 is 21.8 Å². The first-order chi connectivity index (χ1) is 11.3. The van der Waals surface area contributed by atoms with E-state index in [0.29, 0.717) is 25.9 Å². The van der Waals surface area contributed by atoms with Crippen LogP contribution in [0.3, 0.4) is 0 Å². The fourth-order valence-electron chi connectivity index (χ4n) is 2.68. The van der Waals surface area contributed by atoms with Gasteiger partial charge in [-0.1, -0.05) is 6.07 Å². The van der Waals surface area contributed by atoms with Crippen LogP contribution in [0.25, 0.3) is 0 Å². The molecule has 1 aromatic rings. The Morgan fingerprint density at radius 2 is 2.00 bits per heavy atom. The summed E-state index contributed by atoms with van der Waals surface area (Å²) < 4.78 is 32.3. The molecule has 0 bridgehead atoms. The largest absolute Gasteiger partial charge is 0.453 e. The van der Waals surface area contributed by atoms with Crippen LogP contribution in [-0.2, 0) is 14.8 Å². The summed E-state index contributed by atoms with van der Waals surface area (Å²) in [6, 6.07) is 3.62. The van der Waals surface area contributed by atoms with E-state index < -0.39 is 21.0 Å². The highest BCUT2D eigenvalue weighted by Gasteiger charge is 2.29. The van der Waals surface area contributed by atoms with Gasteiger partial charge in [0.15, 0.2) is 0 Å². The number of sulfonamides is 1. The van der Waals surface area contributed by atoms with Crippen molar-refractivity contribution in [3.05, 3.63) is 33.9 Å². The second kappa shape index (κ2) is 7.14. The Bertz CT molecular complexity index is 741. The van der Waals surface area contributed by atoms with E-state index in [-0.39, 0.29) is 22.2 Å². The molecule has 132 valence electrons. The zero-order chi connectivity index (χ0) is 17.9. The lowest BCUT2D eigenvalue weighted by Crippen LogP contribution is -2.46. The third-order valence-corrected chi connectivity index (χ3v) is 5.66. The number of hydrogen-bond donors (Lipinski definition) is 1. The summed E-state index contributed by atoms with van der Waals surface area (Å²) >= 11 is 0. The molecule has 0 radical (unpaired) electrons. The first-order valence-corrected chi connectivity index (χ1v) is 8.84. The maximum absolute atomic E-state index is 12.5. The van der Waals surface area contributed by atoms with E-state index in [1.807, 2.05) is 0 Å². The summed E-state index contributed by atoms with van der Waals surface area (Å²) in [4.78, 5) is 23.2. The smallest absolute Gasteiger partial charge is 0.409 e. The molecule has 0 aromatic heterocycles. The molecule has 1 aliphatic rings. The van der Waals surface area contributed by atoms with Crippen molar-refractivity contribution in [1.82, 2.24) is 9.62 Å². The molecule has 1 amide bonds. The van der Waals surface area contributed by atoms with Gasteiger partial charge >= 0.3 is 6.09 Å². The number of piperidine rings is 1. The van der Waals surface area contributed by atoms with Crippen LogP contribution in [0.5, 0.6) is 0 Å². The van der Waals surface area contributed by atoms with Crippen LogP contribution >= 0.6 is 0 Å². The minimum Gasteiger partial charge on any atom is -0.453 e. The number of benzene rings is 1. The van der Waals surface area contributed by atoms with Crippen molar-refractivity contribution in [2.24, 2.45) is 0 Å². The maximum atomic E-state index is 12.5. The third-order valence-electron chi connectivity index (χ3n) is 3.99. The number of nitro benzene ring substituents is 1. The normalized spacial score (nSPS) is 16.0. The number of rotatable bonds is 4. The summed E-state index contributed by atoms with van der Waals surface area (Å²) in [5.74, 6) is 0. The highest BCUT2D eigenvalue weighted by atomic mass is 32.2. The topological polar surface area (TPSA) is 119 Å². The van der Waals surface area contributed by atoms with E-state index in [9.17, 15) is 23.3 Å². The average Bonchev–Trinajstić information content (AvgIpc) is 2.54. The van der Waals surface area contributed by atoms with Gasteiger partial charge in [0.25, 0.3) is 5.69 Å². The molecule has 1 N–H and O–H groups in total. The number of nitro groups is 1. The Labute approximate surface area is 139 Å². The van der Waals surface area contributed by atoms with Crippen molar-refractivity contribution in [1.29, 1.82) is 0 Å². The zero-order valence-electron chi connectivity index (χ0n) is 13.4. The maximum Gasteiger partial charge on any atom is 0.409 e. The zero-order valence-corrected chi connectivity index (χ0v) is 14.2. The lowest BCUT2D eigenvalue weighted by atomic mass is 10.1. The summed E-state index contributed by atoms with van der Waals surface area (Å²) in [6.45, 7) is 2.17. The highest BCUT2D eigenvalue weighted by molar-refractivity contribution is 7.89. The number of amides is 1. The first kappa shape index (κ1) is 18.1. The standard InChI is InChI=1S/C14H19N3O6S/c1-10-12(17(19)20)4-3-5-13(10)24(21,22)15-11-6-8-16(9-7-11)14(18)23-2/h3-5,11,15H,6-9H2,1-2H3. The SMILES string of the molecule is COC(=O)N1CCC(NS(=O)(=O)c2cccc([N+](=O)[O-])c2C)CC1. The number of ether oxygens (including phenoxy) is 1. The first-order valence-electron chi connectivity index (χ1n) is 7.35. The van der Waals surface area contributed by atoms with Gasteiger partial charge in [0, 0.05) is 30.8 Å². The van der Waals surface area contributed by atoms with Crippen LogP contribution in [0.4, 0.5) is 10.5 Å². The van der Waals surface area contributed by atoms with Gasteiger partial charge in [-0.15, -0.1) is 0 Å². The molecule has 1 aliphatic heterocycles. The molecule has 0 unspecified atom stereocenters. The van der Waals surface area contributed by atoms with Crippen molar-refractivity contribution in [3.8, 4) is 0 Å². The van der Waals surface area contributed by atoms with Crippen molar-refractivity contribution in [3.63, 3.8) is 0 Å². The van der Waals surface area contributed by atoms with E-state index in [2.05, 4.69) is 9.46 Å². The van der Waals surface area contributed by atoms with E-state index in [0.717, 1.165) is 0 Å². The summed E-state index contributed by atoms with van der Waals surface area (Å²) in [5.41, 5.74) is -0.139. The second-order valence-corrected chi connectivity index (χ2v) is 7.19. The van der Waals surface area contributed by atoms with E-state index >= 15 is 0 Å². The molecule has 0 aliphatic carbocycles. The monoisotopic (exact) mass is 357 g/mol. The Hall–Kier alpha value is -2.20. The van der Waals surface area contributed by atoms with Gasteiger partial charge in [-0.2, -0.15) is 0 Å². The predicted molar refractivity (Wildman–Crippen MR) is 85.2 cm³/mol. The van der Waals surface area contributed by atoms with Crippen molar-refractivity contribution < 1.29 is 22.9 Å². The van der Waals surface area contributed by atoms with Gasteiger partial charge in [-0.3, -0.25) is 10.1 Å². The number of likely N-dealkylation sites (tertiary alicyclic amines) is 1. The molecule has 1 fully saturated rings. The molecule has 0 atom stereocenters. The van der Waals surface area contributed by atoms with Gasteiger partial charge in [0.05, 0.1) is 16.9 Å². The molecule has 24 heavy (non-hydrogen) atoms. The number of carbonyl (C=O) groups excluding carboxylic acids is 1. The second-order valence-electron chi connectivity index (χ2n) is 5.51. The molecule has 9 nitrogen and oxygen atoms in total. The van der Waals surface area contributed by atoms with Gasteiger partial charge in [0.1, 0.15) is 0 Å². The van der Waals surface area contributed by atoms with Crippen LogP contribution in [0.2, 0.25) is 0 Å². The fourth-order valence-corrected chi connectivity index (χ4v) is 4.25. The average molecular weight is 357 g/mol. The molecule has 0 spiro atoms. The van der Waals surface area contributed by atoms with Crippen LogP contribution in [0.1, 0.15) is 18.4 Å². The number of carbonyl (C=O) groups is 1. The van der Waals surface area contributed by atoms with Crippen molar-refractivity contribution in [2.45, 2.75) is 30.7 Å². The summed E-state index contributed by atoms with van der Waals surface area (Å²) in [5, 5.41) is 11.0. The lowest BCUT2D eigenvalue weighted by molar-refractivity contribution is -0.385. The molecular formula is C14H19N3O6S. The van der Waals surface area contributed by atoms with Crippen molar-refractivity contribution in [2.75, 3.05) is 20.2 Å². The highest BCUT2D eigenvalue weighted by Crippen LogP contribution is 2.25. The van der Waals surface area contributed by atoms with Crippen LogP contribution in [0, 0.1) is 17.0 Å². The molecule has 2 rings (SSSR count).